The van der Waals surface area contributed by atoms with Gasteiger partial charge in [-0.25, -0.2) is 4.39 Å². The molecule has 0 aromatic heterocycles. The third-order valence-corrected chi connectivity index (χ3v) is 3.78. The van der Waals surface area contributed by atoms with Crippen LogP contribution in [0.25, 0.3) is 11.1 Å². The molecule has 0 spiro atoms. The zero-order chi connectivity index (χ0) is 20.6. The van der Waals surface area contributed by atoms with Crippen LogP contribution in [0.3, 0.4) is 0 Å². The second kappa shape index (κ2) is 10.1. The van der Waals surface area contributed by atoms with Crippen LogP contribution in [-0.2, 0) is 9.53 Å². The van der Waals surface area contributed by atoms with Crippen LogP contribution in [0.1, 0.15) is 19.8 Å². The van der Waals surface area contributed by atoms with Crippen molar-refractivity contribution in [2.24, 2.45) is 0 Å². The third kappa shape index (κ3) is 6.53. The number of alkyl halides is 3. The maximum absolute atomic E-state index is 13.2. The number of halogens is 4. The molecular weight excluding hydrogens is 378 g/mol. The Bertz CT molecular complexity index is 776. The van der Waals surface area contributed by atoms with Crippen LogP contribution in [0, 0.1) is 5.82 Å². The molecule has 28 heavy (non-hydrogen) atoms. The van der Waals surface area contributed by atoms with E-state index >= 15 is 0 Å². The Morgan fingerprint density at radius 2 is 1.75 bits per heavy atom. The lowest BCUT2D eigenvalue weighted by molar-refractivity contribution is -0.167. The van der Waals surface area contributed by atoms with E-state index in [1.165, 1.54) is 42.5 Å². The first-order chi connectivity index (χ1) is 13.3. The van der Waals surface area contributed by atoms with E-state index in [2.05, 4.69) is 0 Å². The second-order valence-electron chi connectivity index (χ2n) is 5.98. The van der Waals surface area contributed by atoms with Crippen LogP contribution in [0.4, 0.5) is 23.2 Å². The number of unbranched alkanes of at least 4 members (excludes halogenated alkanes) is 1. The number of hydrogen-bond acceptors (Lipinski definition) is 3. The number of rotatable bonds is 9. The van der Waals surface area contributed by atoms with E-state index in [0.717, 1.165) is 12.8 Å². The van der Waals surface area contributed by atoms with E-state index < -0.39 is 17.9 Å². The average Bonchev–Trinajstić information content (AvgIpc) is 2.65. The second-order valence-corrected chi connectivity index (χ2v) is 5.98. The number of benzene rings is 2. The van der Waals surface area contributed by atoms with E-state index in [1.54, 1.807) is 5.32 Å². The summed E-state index contributed by atoms with van der Waals surface area (Å²) in [6.45, 7) is 3.27. The zero-order valence-corrected chi connectivity index (χ0v) is 15.3. The minimum absolute atomic E-state index is 0.0480. The fourth-order valence-corrected chi connectivity index (χ4v) is 2.35. The standard InChI is InChI=1S/C20H21F4NO3/c1-2-3-10-27-11-12-28-18-9-8-16(25-19(26)20(22,23)24)13-17(18)14-4-6-15(21)7-5-14/h4-9,13H,2-3,10-12H2,1H3,(H,25,26). The Hall–Kier alpha value is -2.61. The molecule has 0 fully saturated rings. The molecule has 0 bridgehead atoms. The molecule has 0 unspecified atom stereocenters. The summed E-state index contributed by atoms with van der Waals surface area (Å²) in [4.78, 5) is 11.2. The zero-order valence-electron chi connectivity index (χ0n) is 15.3. The molecule has 4 nitrogen and oxygen atoms in total. The molecule has 1 amide bonds. The SMILES string of the molecule is CCCCOCCOc1ccc(NC(=O)C(F)(F)F)cc1-c1ccc(F)cc1. The van der Waals surface area contributed by atoms with Crippen LogP contribution >= 0.6 is 0 Å². The predicted molar refractivity (Wildman–Crippen MR) is 97.7 cm³/mol. The molecule has 2 aromatic rings. The molecule has 2 aromatic carbocycles. The predicted octanol–water partition coefficient (Wildman–Crippen LogP) is 5.19. The molecule has 152 valence electrons. The molecule has 0 aliphatic heterocycles. The van der Waals surface area contributed by atoms with Gasteiger partial charge in [-0.15, -0.1) is 0 Å². The summed E-state index contributed by atoms with van der Waals surface area (Å²) in [6.07, 6.45) is -3.05. The lowest BCUT2D eigenvalue weighted by atomic mass is 10.0. The van der Waals surface area contributed by atoms with Gasteiger partial charge in [-0.1, -0.05) is 25.5 Å². The van der Waals surface area contributed by atoms with E-state index in [-0.39, 0.29) is 12.3 Å². The molecule has 0 heterocycles. The van der Waals surface area contributed by atoms with Crippen molar-refractivity contribution in [2.45, 2.75) is 25.9 Å². The number of amides is 1. The minimum Gasteiger partial charge on any atom is -0.491 e. The molecule has 0 saturated heterocycles. The topological polar surface area (TPSA) is 47.6 Å². The third-order valence-electron chi connectivity index (χ3n) is 3.78. The van der Waals surface area contributed by atoms with E-state index in [9.17, 15) is 22.4 Å². The quantitative estimate of drug-likeness (QED) is 0.466. The Morgan fingerprint density at radius 1 is 1.04 bits per heavy atom. The van der Waals surface area contributed by atoms with Crippen molar-refractivity contribution in [3.8, 4) is 16.9 Å². The van der Waals surface area contributed by atoms with Crippen molar-refractivity contribution in [3.05, 3.63) is 48.3 Å². The highest BCUT2D eigenvalue weighted by molar-refractivity contribution is 5.95. The lowest BCUT2D eigenvalue weighted by Gasteiger charge is -2.15. The van der Waals surface area contributed by atoms with Crippen molar-refractivity contribution in [1.29, 1.82) is 0 Å². The number of nitrogens with one attached hydrogen (secondary N) is 1. The monoisotopic (exact) mass is 399 g/mol. The fourth-order valence-electron chi connectivity index (χ4n) is 2.35. The van der Waals surface area contributed by atoms with Crippen LogP contribution in [0.15, 0.2) is 42.5 Å². The van der Waals surface area contributed by atoms with Gasteiger partial charge in [-0.2, -0.15) is 13.2 Å². The maximum atomic E-state index is 13.2. The van der Waals surface area contributed by atoms with Crippen molar-refractivity contribution in [1.82, 2.24) is 0 Å². The Labute approximate surface area is 160 Å². The van der Waals surface area contributed by atoms with Gasteiger partial charge >= 0.3 is 12.1 Å². The van der Waals surface area contributed by atoms with Gasteiger partial charge < -0.3 is 14.8 Å². The van der Waals surface area contributed by atoms with Crippen LogP contribution < -0.4 is 10.1 Å². The number of ether oxygens (including phenoxy) is 2. The van der Waals surface area contributed by atoms with Gasteiger partial charge in [0.25, 0.3) is 0 Å². The summed E-state index contributed by atoms with van der Waals surface area (Å²) in [7, 11) is 0. The average molecular weight is 399 g/mol. The van der Waals surface area contributed by atoms with Crippen molar-refractivity contribution in [2.75, 3.05) is 25.1 Å². The summed E-state index contributed by atoms with van der Waals surface area (Å²) in [5, 5.41) is 1.80. The van der Waals surface area contributed by atoms with Gasteiger partial charge in [-0.05, 0) is 42.3 Å². The van der Waals surface area contributed by atoms with E-state index in [4.69, 9.17) is 9.47 Å². The first-order valence-corrected chi connectivity index (χ1v) is 8.80. The summed E-state index contributed by atoms with van der Waals surface area (Å²) in [6, 6.07) is 9.53. The van der Waals surface area contributed by atoms with Gasteiger partial charge in [0, 0.05) is 17.9 Å². The number of anilines is 1. The van der Waals surface area contributed by atoms with E-state index in [1.807, 2.05) is 6.92 Å². The number of hydrogen-bond donors (Lipinski definition) is 1. The van der Waals surface area contributed by atoms with Gasteiger partial charge in [0.1, 0.15) is 18.2 Å². The van der Waals surface area contributed by atoms with E-state index in [0.29, 0.717) is 30.1 Å². The minimum atomic E-state index is -5.00. The smallest absolute Gasteiger partial charge is 0.471 e. The molecule has 0 aliphatic carbocycles. The highest BCUT2D eigenvalue weighted by atomic mass is 19.4. The van der Waals surface area contributed by atoms with Crippen LogP contribution in [0.2, 0.25) is 0 Å². The fraction of sp³-hybridized carbons (Fsp3) is 0.350. The number of carbonyl (C=O) groups excluding carboxylic acids is 1. The van der Waals surface area contributed by atoms with Crippen molar-refractivity contribution in [3.63, 3.8) is 0 Å². The van der Waals surface area contributed by atoms with Gasteiger partial charge in [0.15, 0.2) is 0 Å². The molecule has 0 saturated carbocycles. The lowest BCUT2D eigenvalue weighted by Crippen LogP contribution is -2.29. The molecule has 2 rings (SSSR count). The highest BCUT2D eigenvalue weighted by Crippen LogP contribution is 2.33. The van der Waals surface area contributed by atoms with Crippen LogP contribution in [0.5, 0.6) is 5.75 Å². The molecule has 0 radical (unpaired) electrons. The van der Waals surface area contributed by atoms with Crippen LogP contribution in [-0.4, -0.2) is 31.9 Å². The highest BCUT2D eigenvalue weighted by Gasteiger charge is 2.38. The van der Waals surface area contributed by atoms with Gasteiger partial charge in [0.05, 0.1) is 6.61 Å². The molecule has 0 atom stereocenters. The summed E-state index contributed by atoms with van der Waals surface area (Å²) < 4.78 is 61.7. The van der Waals surface area contributed by atoms with Gasteiger partial charge in [-0.3, -0.25) is 4.79 Å². The molecular formula is C20H21F4NO3. The summed E-state index contributed by atoms with van der Waals surface area (Å²) >= 11 is 0. The first-order valence-electron chi connectivity index (χ1n) is 8.80. The Morgan fingerprint density at radius 3 is 2.39 bits per heavy atom. The van der Waals surface area contributed by atoms with Crippen molar-refractivity contribution < 1.29 is 31.8 Å². The van der Waals surface area contributed by atoms with Gasteiger partial charge in [0.2, 0.25) is 0 Å². The Kier molecular flexibility index (Phi) is 7.80. The normalized spacial score (nSPS) is 11.3. The van der Waals surface area contributed by atoms with Crippen molar-refractivity contribution >= 4 is 11.6 Å². The molecule has 0 aliphatic rings. The largest absolute Gasteiger partial charge is 0.491 e. The summed E-state index contributed by atoms with van der Waals surface area (Å²) in [5.74, 6) is -2.14. The maximum Gasteiger partial charge on any atom is 0.471 e. The Balaban J connectivity index is 2.18. The first kappa shape index (κ1) is 21.7. The summed E-state index contributed by atoms with van der Waals surface area (Å²) in [5.41, 5.74) is 0.910. The number of carbonyl (C=O) groups is 1. The molecule has 1 N–H and O–H groups in total. The molecule has 8 heteroatoms.